The lowest BCUT2D eigenvalue weighted by Crippen LogP contribution is -2.40. The first kappa shape index (κ1) is 28.3. The van der Waals surface area contributed by atoms with Gasteiger partial charge in [-0.25, -0.2) is 17.9 Å². The number of benzene rings is 4. The number of carbonyl (C=O) groups excluding carboxylic acids is 1. The van der Waals surface area contributed by atoms with Crippen LogP contribution in [0, 0.1) is 17.0 Å². The summed E-state index contributed by atoms with van der Waals surface area (Å²) in [6.07, 6.45) is 0. The largest absolute Gasteiger partial charge is 0.467 e. The summed E-state index contributed by atoms with van der Waals surface area (Å²) >= 11 is 0. The minimum absolute atomic E-state index is 0.0102. The smallest absolute Gasteiger partial charge is 0.332 e. The van der Waals surface area contributed by atoms with Gasteiger partial charge in [0.15, 0.2) is 6.04 Å². The number of hydrogen-bond donors (Lipinski definition) is 1. The van der Waals surface area contributed by atoms with Crippen LogP contribution in [-0.4, -0.2) is 38.2 Å². The summed E-state index contributed by atoms with van der Waals surface area (Å²) in [5.74, 6) is -0.792. The number of nitro benzene ring substituents is 1. The van der Waals surface area contributed by atoms with Crippen LogP contribution in [0.25, 0.3) is 0 Å². The van der Waals surface area contributed by atoms with Crippen LogP contribution in [0.5, 0.6) is 0 Å². The Balaban J connectivity index is 1.91. The van der Waals surface area contributed by atoms with Gasteiger partial charge in [-0.1, -0.05) is 90.5 Å². The number of sulfonamides is 1. The molecule has 0 aliphatic carbocycles. The first-order valence-electron chi connectivity index (χ1n) is 12.3. The SMILES string of the molecule is COC(=O)[C@@H](N=C(c1ccccc1)c1ccccc1)[C@H](NS(=O)(=O)c1ccc(C)cc1)c1ccc([N+](=O)[O-])cc1. The quantitative estimate of drug-likeness (QED) is 0.126. The Hall–Kier alpha value is -4.67. The molecule has 4 aromatic carbocycles. The predicted molar refractivity (Wildman–Crippen MR) is 152 cm³/mol. The summed E-state index contributed by atoms with van der Waals surface area (Å²) in [4.78, 5) is 28.8. The number of aryl methyl sites for hydroxylation is 1. The van der Waals surface area contributed by atoms with E-state index < -0.39 is 33.0 Å². The van der Waals surface area contributed by atoms with Gasteiger partial charge in [-0.15, -0.1) is 0 Å². The van der Waals surface area contributed by atoms with Gasteiger partial charge in [0.2, 0.25) is 10.0 Å². The molecule has 0 aliphatic heterocycles. The van der Waals surface area contributed by atoms with E-state index in [1.165, 1.54) is 43.5 Å². The fourth-order valence-corrected chi connectivity index (χ4v) is 5.33. The normalized spacial score (nSPS) is 12.7. The molecule has 0 bridgehead atoms. The topological polar surface area (TPSA) is 128 Å². The van der Waals surface area contributed by atoms with Gasteiger partial charge in [-0.2, -0.15) is 0 Å². The van der Waals surface area contributed by atoms with E-state index in [0.29, 0.717) is 22.4 Å². The van der Waals surface area contributed by atoms with Crippen molar-refractivity contribution in [1.29, 1.82) is 0 Å². The summed E-state index contributed by atoms with van der Waals surface area (Å²) in [7, 11) is -2.97. The van der Waals surface area contributed by atoms with Crippen molar-refractivity contribution in [3.05, 3.63) is 142 Å². The standard InChI is InChI=1S/C30H27N3O6S/c1-21-13-19-26(20-14-21)40(37,38)32-28(24-15-17-25(18-16-24)33(35)36)29(30(34)39-2)31-27(22-9-5-3-6-10-22)23-11-7-4-8-12-23/h3-20,28-29,32H,1-2H3/t28-,29+/m1/s1. The Morgan fingerprint density at radius 1 is 0.850 bits per heavy atom. The molecular weight excluding hydrogens is 530 g/mol. The third-order valence-corrected chi connectivity index (χ3v) is 7.65. The molecule has 9 nitrogen and oxygen atoms in total. The molecule has 2 atom stereocenters. The van der Waals surface area contributed by atoms with Crippen molar-refractivity contribution in [3.8, 4) is 0 Å². The van der Waals surface area contributed by atoms with Gasteiger partial charge in [0.1, 0.15) is 0 Å². The highest BCUT2D eigenvalue weighted by atomic mass is 32.2. The second kappa shape index (κ2) is 12.5. The number of aliphatic imine (C=N–C) groups is 1. The van der Waals surface area contributed by atoms with Crippen LogP contribution in [0.15, 0.2) is 119 Å². The van der Waals surface area contributed by atoms with Crippen molar-refractivity contribution in [2.24, 2.45) is 4.99 Å². The molecule has 0 saturated carbocycles. The number of hydrogen-bond acceptors (Lipinski definition) is 7. The number of nitro groups is 1. The Morgan fingerprint density at radius 2 is 1.38 bits per heavy atom. The third kappa shape index (κ3) is 6.66. The van der Waals surface area contributed by atoms with Gasteiger partial charge in [0.05, 0.1) is 28.7 Å². The molecule has 4 rings (SSSR count). The van der Waals surface area contributed by atoms with Crippen molar-refractivity contribution in [3.63, 3.8) is 0 Å². The molecule has 10 heteroatoms. The number of rotatable bonds is 10. The Labute approximate surface area is 232 Å². The highest BCUT2D eigenvalue weighted by Crippen LogP contribution is 2.27. The van der Waals surface area contributed by atoms with E-state index in [2.05, 4.69) is 4.72 Å². The number of non-ortho nitro benzene ring substituents is 1. The second-order valence-electron chi connectivity index (χ2n) is 8.94. The molecule has 0 saturated heterocycles. The molecule has 0 aromatic heterocycles. The molecule has 1 N–H and O–H groups in total. The van der Waals surface area contributed by atoms with Crippen LogP contribution in [0.2, 0.25) is 0 Å². The number of nitrogens with one attached hydrogen (secondary N) is 1. The van der Waals surface area contributed by atoms with E-state index in [-0.39, 0.29) is 10.6 Å². The van der Waals surface area contributed by atoms with Gasteiger partial charge >= 0.3 is 5.97 Å². The lowest BCUT2D eigenvalue weighted by Gasteiger charge is -2.25. The molecular formula is C30H27N3O6S. The van der Waals surface area contributed by atoms with E-state index in [9.17, 15) is 23.3 Å². The molecule has 204 valence electrons. The number of esters is 1. The van der Waals surface area contributed by atoms with Crippen molar-refractivity contribution in [2.45, 2.75) is 23.9 Å². The van der Waals surface area contributed by atoms with E-state index in [4.69, 9.17) is 9.73 Å². The van der Waals surface area contributed by atoms with Crippen molar-refractivity contribution in [2.75, 3.05) is 7.11 Å². The summed E-state index contributed by atoms with van der Waals surface area (Å²) < 4.78 is 34.8. The molecule has 0 spiro atoms. The van der Waals surface area contributed by atoms with Gasteiger partial charge in [-0.05, 0) is 24.6 Å². The Bertz CT molecular complexity index is 1560. The first-order chi connectivity index (χ1) is 19.2. The maximum absolute atomic E-state index is 13.5. The fourth-order valence-electron chi connectivity index (χ4n) is 4.10. The monoisotopic (exact) mass is 557 g/mol. The zero-order valence-electron chi connectivity index (χ0n) is 21.8. The predicted octanol–water partition coefficient (Wildman–Crippen LogP) is 5.00. The van der Waals surface area contributed by atoms with E-state index in [0.717, 1.165) is 5.56 Å². The molecule has 4 aromatic rings. The second-order valence-corrected chi connectivity index (χ2v) is 10.7. The minimum Gasteiger partial charge on any atom is -0.467 e. The third-order valence-electron chi connectivity index (χ3n) is 6.20. The van der Waals surface area contributed by atoms with E-state index in [1.807, 2.05) is 67.6 Å². The van der Waals surface area contributed by atoms with Gasteiger partial charge in [0.25, 0.3) is 5.69 Å². The molecule has 0 fully saturated rings. The zero-order valence-corrected chi connectivity index (χ0v) is 22.6. The summed E-state index contributed by atoms with van der Waals surface area (Å²) in [6.45, 7) is 1.83. The van der Waals surface area contributed by atoms with Crippen LogP contribution >= 0.6 is 0 Å². The van der Waals surface area contributed by atoms with Gasteiger partial charge < -0.3 is 4.74 Å². The van der Waals surface area contributed by atoms with Crippen LogP contribution in [-0.2, 0) is 19.6 Å². The number of methoxy groups -OCH3 is 1. The van der Waals surface area contributed by atoms with Gasteiger partial charge in [-0.3, -0.25) is 15.1 Å². The summed E-state index contributed by atoms with van der Waals surface area (Å²) in [6, 6.07) is 27.2. The van der Waals surface area contributed by atoms with Crippen molar-refractivity contribution in [1.82, 2.24) is 4.72 Å². The average molecular weight is 558 g/mol. The molecule has 0 radical (unpaired) electrons. The van der Waals surface area contributed by atoms with E-state index >= 15 is 0 Å². The van der Waals surface area contributed by atoms with Gasteiger partial charge in [0, 0.05) is 23.3 Å². The highest BCUT2D eigenvalue weighted by Gasteiger charge is 2.35. The van der Waals surface area contributed by atoms with Crippen molar-refractivity contribution >= 4 is 27.4 Å². The minimum atomic E-state index is -4.16. The first-order valence-corrected chi connectivity index (χ1v) is 13.8. The van der Waals surface area contributed by atoms with Crippen LogP contribution in [0.4, 0.5) is 5.69 Å². The van der Waals surface area contributed by atoms with Crippen LogP contribution in [0.1, 0.15) is 28.3 Å². The lowest BCUT2D eigenvalue weighted by atomic mass is 9.98. The number of ether oxygens (including phenoxy) is 1. The zero-order chi connectivity index (χ0) is 28.7. The van der Waals surface area contributed by atoms with Crippen molar-refractivity contribution < 1.29 is 22.9 Å². The maximum Gasteiger partial charge on any atom is 0.332 e. The van der Waals surface area contributed by atoms with E-state index in [1.54, 1.807) is 12.1 Å². The molecule has 0 amide bonds. The molecule has 40 heavy (non-hydrogen) atoms. The maximum atomic E-state index is 13.5. The molecule has 0 aliphatic rings. The molecule has 0 heterocycles. The summed E-state index contributed by atoms with van der Waals surface area (Å²) in [5, 5.41) is 11.3. The fraction of sp³-hybridized carbons (Fsp3) is 0.133. The van der Waals surface area contributed by atoms with Crippen LogP contribution in [0.3, 0.4) is 0 Å². The number of nitrogens with zero attached hydrogens (tertiary/aromatic N) is 2. The highest BCUT2D eigenvalue weighted by molar-refractivity contribution is 7.89. The Kier molecular flexibility index (Phi) is 8.83. The summed E-state index contributed by atoms with van der Waals surface area (Å²) in [5.41, 5.74) is 2.83. The molecule has 0 unspecified atom stereocenters. The Morgan fingerprint density at radius 3 is 1.85 bits per heavy atom. The van der Waals surface area contributed by atoms with Crippen LogP contribution < -0.4 is 4.72 Å². The average Bonchev–Trinajstić information content (AvgIpc) is 2.97. The number of carbonyl (C=O) groups is 1. The lowest BCUT2D eigenvalue weighted by molar-refractivity contribution is -0.384.